The molecule has 0 aliphatic rings. The van der Waals surface area contributed by atoms with Gasteiger partial charge in [0.15, 0.2) is 0 Å². The highest BCUT2D eigenvalue weighted by Gasteiger charge is 2.18. The number of imidazole rings is 1. The van der Waals surface area contributed by atoms with E-state index < -0.39 is 11.6 Å². The van der Waals surface area contributed by atoms with Crippen LogP contribution in [0.4, 0.5) is 8.78 Å². The van der Waals surface area contributed by atoms with Crippen molar-refractivity contribution in [3.05, 3.63) is 89.0 Å². The third-order valence-corrected chi connectivity index (χ3v) is 4.75. The smallest absolute Gasteiger partial charge is 0.129 e. The summed E-state index contributed by atoms with van der Waals surface area (Å²) in [5.74, 6) is -1.00. The van der Waals surface area contributed by atoms with Crippen LogP contribution in [0, 0.1) is 25.5 Å². The van der Waals surface area contributed by atoms with E-state index in [1.165, 1.54) is 29.3 Å². The van der Waals surface area contributed by atoms with Gasteiger partial charge in [-0.1, -0.05) is 24.3 Å². The quantitative estimate of drug-likeness (QED) is 0.512. The first-order valence-corrected chi connectivity index (χ1v) is 9.12. The normalized spacial score (nSPS) is 12.3. The van der Waals surface area contributed by atoms with Gasteiger partial charge in [0.05, 0.1) is 12.9 Å². The predicted molar refractivity (Wildman–Crippen MR) is 102 cm³/mol. The van der Waals surface area contributed by atoms with Crippen LogP contribution in [0.1, 0.15) is 34.8 Å². The summed E-state index contributed by atoms with van der Waals surface area (Å²) in [5.41, 5.74) is 3.61. The molecule has 0 spiro atoms. The molecule has 0 saturated heterocycles. The van der Waals surface area contributed by atoms with E-state index in [9.17, 15) is 8.78 Å². The van der Waals surface area contributed by atoms with Crippen molar-refractivity contribution < 1.29 is 13.5 Å². The average Bonchev–Trinajstić information content (AvgIpc) is 3.13. The van der Waals surface area contributed by atoms with E-state index in [1.807, 2.05) is 16.8 Å². The van der Waals surface area contributed by atoms with Crippen molar-refractivity contribution in [2.75, 3.05) is 6.61 Å². The fourth-order valence-corrected chi connectivity index (χ4v) is 3.39. The number of nitrogens with zero attached hydrogens (tertiary/aromatic N) is 2. The SMILES string of the molecule is Cc1cccc(C)c1C(Cn1ccnc1)OCCCc1c(F)cccc1F. The topological polar surface area (TPSA) is 27.1 Å². The van der Waals surface area contributed by atoms with Crippen LogP contribution in [0.15, 0.2) is 55.1 Å². The minimum Gasteiger partial charge on any atom is -0.372 e. The van der Waals surface area contributed by atoms with Gasteiger partial charge in [-0.3, -0.25) is 0 Å². The lowest BCUT2D eigenvalue weighted by atomic mass is 9.97. The lowest BCUT2D eigenvalue weighted by molar-refractivity contribution is 0.0381. The number of halogens is 2. The van der Waals surface area contributed by atoms with Crippen molar-refractivity contribution in [1.29, 1.82) is 0 Å². The minimum atomic E-state index is -0.500. The molecular weight excluding hydrogens is 346 g/mol. The van der Waals surface area contributed by atoms with Crippen molar-refractivity contribution in [3.8, 4) is 0 Å². The molecule has 0 aliphatic heterocycles. The van der Waals surface area contributed by atoms with E-state index in [0.29, 0.717) is 26.0 Å². The van der Waals surface area contributed by atoms with Gasteiger partial charge in [0, 0.05) is 24.6 Å². The van der Waals surface area contributed by atoms with Crippen LogP contribution in [0.3, 0.4) is 0 Å². The molecule has 0 amide bonds. The predicted octanol–water partition coefficient (Wildman–Crippen LogP) is 5.17. The van der Waals surface area contributed by atoms with Crippen LogP contribution in [-0.2, 0) is 17.7 Å². The molecule has 27 heavy (non-hydrogen) atoms. The molecule has 0 fully saturated rings. The van der Waals surface area contributed by atoms with Crippen LogP contribution in [0.25, 0.3) is 0 Å². The summed E-state index contributed by atoms with van der Waals surface area (Å²) in [6, 6.07) is 10.1. The van der Waals surface area contributed by atoms with Gasteiger partial charge in [-0.25, -0.2) is 13.8 Å². The van der Waals surface area contributed by atoms with Gasteiger partial charge in [-0.2, -0.15) is 0 Å². The molecule has 3 rings (SSSR count). The molecule has 0 saturated carbocycles. The molecule has 3 nitrogen and oxygen atoms in total. The third-order valence-electron chi connectivity index (χ3n) is 4.75. The number of hydrogen-bond donors (Lipinski definition) is 0. The largest absolute Gasteiger partial charge is 0.372 e. The average molecular weight is 370 g/mol. The van der Waals surface area contributed by atoms with Crippen molar-refractivity contribution in [2.24, 2.45) is 0 Å². The Morgan fingerprint density at radius 2 is 1.70 bits per heavy atom. The standard InChI is InChI=1S/C22H24F2N2O/c1-16-6-3-7-17(2)22(16)21(14-26-12-11-25-15-26)27-13-5-8-18-19(23)9-4-10-20(18)24/h3-4,6-7,9-12,15,21H,5,8,13-14H2,1-2H3. The molecule has 0 bridgehead atoms. The zero-order valence-corrected chi connectivity index (χ0v) is 15.7. The third kappa shape index (κ3) is 4.80. The maximum Gasteiger partial charge on any atom is 0.129 e. The van der Waals surface area contributed by atoms with E-state index in [0.717, 1.165) is 5.56 Å². The minimum absolute atomic E-state index is 0.124. The van der Waals surface area contributed by atoms with Crippen LogP contribution >= 0.6 is 0 Å². The Bertz CT molecular complexity index is 838. The highest BCUT2D eigenvalue weighted by molar-refractivity contribution is 5.35. The molecule has 0 N–H and O–H groups in total. The van der Waals surface area contributed by atoms with Crippen LogP contribution in [0.2, 0.25) is 0 Å². The Kier molecular flexibility index (Phi) is 6.35. The number of benzene rings is 2. The number of rotatable bonds is 8. The first-order chi connectivity index (χ1) is 13.1. The highest BCUT2D eigenvalue weighted by atomic mass is 19.1. The zero-order chi connectivity index (χ0) is 19.2. The first-order valence-electron chi connectivity index (χ1n) is 9.12. The highest BCUT2D eigenvalue weighted by Crippen LogP contribution is 2.27. The van der Waals surface area contributed by atoms with Gasteiger partial charge in [-0.05, 0) is 55.5 Å². The number of hydrogen-bond acceptors (Lipinski definition) is 2. The molecular formula is C22H24F2N2O. The number of aromatic nitrogens is 2. The first kappa shape index (κ1) is 19.2. The van der Waals surface area contributed by atoms with Gasteiger partial charge >= 0.3 is 0 Å². The molecule has 3 aromatic rings. The van der Waals surface area contributed by atoms with E-state index in [1.54, 1.807) is 12.5 Å². The maximum absolute atomic E-state index is 13.8. The molecule has 0 aliphatic carbocycles. The Morgan fingerprint density at radius 1 is 1.04 bits per heavy atom. The monoisotopic (exact) mass is 370 g/mol. The summed E-state index contributed by atoms with van der Waals surface area (Å²) >= 11 is 0. The van der Waals surface area contributed by atoms with Gasteiger partial charge < -0.3 is 9.30 Å². The van der Waals surface area contributed by atoms with Crippen LogP contribution < -0.4 is 0 Å². The fraction of sp³-hybridized carbons (Fsp3) is 0.318. The van der Waals surface area contributed by atoms with Gasteiger partial charge in [0.25, 0.3) is 0 Å². The van der Waals surface area contributed by atoms with E-state index in [-0.39, 0.29) is 11.7 Å². The molecule has 1 aromatic heterocycles. The van der Waals surface area contributed by atoms with Gasteiger partial charge in [0.2, 0.25) is 0 Å². The second-order valence-corrected chi connectivity index (χ2v) is 6.73. The maximum atomic E-state index is 13.8. The molecule has 0 radical (unpaired) electrons. The van der Waals surface area contributed by atoms with Crippen molar-refractivity contribution in [3.63, 3.8) is 0 Å². The van der Waals surface area contributed by atoms with Crippen molar-refractivity contribution >= 4 is 0 Å². The summed E-state index contributed by atoms with van der Waals surface area (Å²) < 4.78 is 35.7. The summed E-state index contributed by atoms with van der Waals surface area (Å²) in [5, 5.41) is 0. The Labute approximate surface area is 158 Å². The van der Waals surface area contributed by atoms with E-state index in [4.69, 9.17) is 4.74 Å². The fourth-order valence-electron chi connectivity index (χ4n) is 3.39. The molecule has 2 aromatic carbocycles. The molecule has 1 unspecified atom stereocenters. The van der Waals surface area contributed by atoms with Crippen LogP contribution in [0.5, 0.6) is 0 Å². The van der Waals surface area contributed by atoms with E-state index >= 15 is 0 Å². The van der Waals surface area contributed by atoms with Gasteiger partial charge in [-0.15, -0.1) is 0 Å². The second kappa shape index (κ2) is 8.91. The Hall–Kier alpha value is -2.53. The number of ether oxygens (including phenoxy) is 1. The number of aryl methyl sites for hydroxylation is 2. The Morgan fingerprint density at radius 3 is 2.33 bits per heavy atom. The van der Waals surface area contributed by atoms with E-state index in [2.05, 4.69) is 31.0 Å². The summed E-state index contributed by atoms with van der Waals surface area (Å²) in [6.45, 7) is 5.20. The lowest BCUT2D eigenvalue weighted by Gasteiger charge is -2.23. The zero-order valence-electron chi connectivity index (χ0n) is 15.7. The van der Waals surface area contributed by atoms with Crippen molar-refractivity contribution in [1.82, 2.24) is 9.55 Å². The molecule has 5 heteroatoms. The molecule has 1 heterocycles. The summed E-state index contributed by atoms with van der Waals surface area (Å²) in [7, 11) is 0. The van der Waals surface area contributed by atoms with Gasteiger partial charge in [0.1, 0.15) is 17.7 Å². The Balaban J connectivity index is 1.69. The van der Waals surface area contributed by atoms with Crippen molar-refractivity contribution in [2.45, 2.75) is 39.3 Å². The summed E-state index contributed by atoms with van der Waals surface area (Å²) in [6.07, 6.45) is 6.11. The molecule has 142 valence electrons. The molecule has 1 atom stereocenters. The lowest BCUT2D eigenvalue weighted by Crippen LogP contribution is -2.15. The van der Waals surface area contributed by atoms with Crippen LogP contribution in [-0.4, -0.2) is 16.2 Å². The second-order valence-electron chi connectivity index (χ2n) is 6.73. The summed E-state index contributed by atoms with van der Waals surface area (Å²) in [4.78, 5) is 4.09.